The smallest absolute Gasteiger partial charge is 0.243 e. The van der Waals surface area contributed by atoms with E-state index in [9.17, 15) is 8.42 Å². The number of anilines is 4. The van der Waals surface area contributed by atoms with Gasteiger partial charge in [-0.25, -0.2) is 13.4 Å². The van der Waals surface area contributed by atoms with E-state index in [0.29, 0.717) is 50.4 Å². The molecule has 2 aromatic carbocycles. The minimum Gasteiger partial charge on any atom is -0.492 e. The van der Waals surface area contributed by atoms with Gasteiger partial charge in [0.25, 0.3) is 0 Å². The van der Waals surface area contributed by atoms with E-state index >= 15 is 0 Å². The fourth-order valence-corrected chi connectivity index (χ4v) is 5.95. The fourth-order valence-electron chi connectivity index (χ4n) is 4.50. The zero-order valence-electron chi connectivity index (χ0n) is 21.6. The van der Waals surface area contributed by atoms with Crippen LogP contribution in [0.5, 0.6) is 5.75 Å². The van der Waals surface area contributed by atoms with Gasteiger partial charge < -0.3 is 20.1 Å². The third-order valence-electron chi connectivity index (χ3n) is 6.66. The first-order valence-electron chi connectivity index (χ1n) is 13.0. The van der Waals surface area contributed by atoms with Crippen molar-refractivity contribution < 1.29 is 17.9 Å². The van der Waals surface area contributed by atoms with Gasteiger partial charge in [0.1, 0.15) is 18.2 Å². The van der Waals surface area contributed by atoms with Crippen molar-refractivity contribution in [2.75, 3.05) is 63.2 Å². The standard InChI is InChI=1S/C27H34N6O4S/c1-21-20-28-27(30-22-7-9-24(10-8-22)37-18-13-32-11-2-3-12-32)31-26(21)29-23-5-4-6-25(19-23)38(34,35)33-14-16-36-17-15-33/h4-10,19-20H,2-3,11-18H2,1H3,(H2,28,29,30,31). The molecule has 1 aromatic heterocycles. The molecule has 3 aromatic rings. The van der Waals surface area contributed by atoms with Crippen molar-refractivity contribution in [1.29, 1.82) is 0 Å². The van der Waals surface area contributed by atoms with E-state index in [1.165, 1.54) is 30.2 Å². The molecular formula is C27H34N6O4S. The van der Waals surface area contributed by atoms with Crippen LogP contribution in [0.25, 0.3) is 0 Å². The van der Waals surface area contributed by atoms with Crippen LogP contribution in [0.15, 0.2) is 59.6 Å². The molecule has 10 nitrogen and oxygen atoms in total. The molecule has 0 atom stereocenters. The first-order valence-corrected chi connectivity index (χ1v) is 14.4. The van der Waals surface area contributed by atoms with Crippen LogP contribution < -0.4 is 15.4 Å². The van der Waals surface area contributed by atoms with Gasteiger partial charge in [0.15, 0.2) is 0 Å². The molecule has 0 unspecified atom stereocenters. The number of hydrogen-bond acceptors (Lipinski definition) is 9. The lowest BCUT2D eigenvalue weighted by Crippen LogP contribution is -2.40. The number of hydrogen-bond donors (Lipinski definition) is 2. The van der Waals surface area contributed by atoms with Crippen LogP contribution in [-0.2, 0) is 14.8 Å². The third-order valence-corrected chi connectivity index (χ3v) is 8.56. The Balaban J connectivity index is 1.22. The summed E-state index contributed by atoms with van der Waals surface area (Å²) in [6.45, 7) is 7.37. The van der Waals surface area contributed by atoms with Gasteiger partial charge in [-0.2, -0.15) is 9.29 Å². The van der Waals surface area contributed by atoms with Gasteiger partial charge in [-0.3, -0.25) is 4.90 Å². The van der Waals surface area contributed by atoms with E-state index in [0.717, 1.165) is 23.5 Å². The monoisotopic (exact) mass is 538 g/mol. The SMILES string of the molecule is Cc1cnc(Nc2ccc(OCCN3CCCC3)cc2)nc1Nc1cccc(S(=O)(=O)N2CCOCC2)c1. The van der Waals surface area contributed by atoms with E-state index in [1.54, 1.807) is 24.4 Å². The van der Waals surface area contributed by atoms with Gasteiger partial charge in [0.2, 0.25) is 16.0 Å². The van der Waals surface area contributed by atoms with Crippen molar-refractivity contribution in [3.05, 3.63) is 60.3 Å². The van der Waals surface area contributed by atoms with Crippen LogP contribution in [0, 0.1) is 6.92 Å². The number of likely N-dealkylation sites (tertiary alicyclic amines) is 1. The highest BCUT2D eigenvalue weighted by Gasteiger charge is 2.26. The minimum absolute atomic E-state index is 0.234. The van der Waals surface area contributed by atoms with Gasteiger partial charge in [0, 0.05) is 42.8 Å². The number of benzene rings is 2. The normalized spacial score (nSPS) is 16.9. The summed E-state index contributed by atoms with van der Waals surface area (Å²) in [7, 11) is -3.59. The number of aromatic nitrogens is 2. The topological polar surface area (TPSA) is 109 Å². The molecule has 2 N–H and O–H groups in total. The summed E-state index contributed by atoms with van der Waals surface area (Å²) in [6.07, 6.45) is 4.28. The molecule has 2 fully saturated rings. The molecule has 2 saturated heterocycles. The van der Waals surface area contributed by atoms with Crippen LogP contribution in [0.4, 0.5) is 23.1 Å². The van der Waals surface area contributed by atoms with Crippen molar-refractivity contribution >= 4 is 33.2 Å². The van der Waals surface area contributed by atoms with Crippen LogP contribution >= 0.6 is 0 Å². The van der Waals surface area contributed by atoms with E-state index in [2.05, 4.69) is 25.5 Å². The van der Waals surface area contributed by atoms with Crippen LogP contribution in [-0.4, -0.2) is 80.1 Å². The number of nitrogens with one attached hydrogen (secondary N) is 2. The Hall–Kier alpha value is -3.25. The molecule has 0 amide bonds. The first-order chi connectivity index (χ1) is 18.5. The maximum atomic E-state index is 13.1. The number of morpholine rings is 1. The average Bonchev–Trinajstić information content (AvgIpc) is 3.46. The Bertz CT molecular complexity index is 1320. The minimum atomic E-state index is -3.59. The Morgan fingerprint density at radius 3 is 2.50 bits per heavy atom. The Morgan fingerprint density at radius 1 is 0.974 bits per heavy atom. The lowest BCUT2D eigenvalue weighted by Gasteiger charge is -2.26. The Kier molecular flexibility index (Phi) is 8.38. The zero-order chi connectivity index (χ0) is 26.4. The molecule has 0 bridgehead atoms. The lowest BCUT2D eigenvalue weighted by atomic mass is 10.3. The van der Waals surface area contributed by atoms with Crippen molar-refractivity contribution in [3.8, 4) is 5.75 Å². The van der Waals surface area contributed by atoms with Crippen molar-refractivity contribution in [2.24, 2.45) is 0 Å². The van der Waals surface area contributed by atoms with Crippen LogP contribution in [0.2, 0.25) is 0 Å². The van der Waals surface area contributed by atoms with E-state index in [-0.39, 0.29) is 4.90 Å². The predicted molar refractivity (Wildman–Crippen MR) is 147 cm³/mol. The number of rotatable bonds is 10. The molecule has 3 heterocycles. The number of nitrogens with zero attached hydrogens (tertiary/aromatic N) is 4. The van der Waals surface area contributed by atoms with E-state index < -0.39 is 10.0 Å². The fraction of sp³-hybridized carbons (Fsp3) is 0.407. The Morgan fingerprint density at radius 2 is 1.74 bits per heavy atom. The van der Waals surface area contributed by atoms with Gasteiger partial charge >= 0.3 is 0 Å². The maximum Gasteiger partial charge on any atom is 0.243 e. The quantitative estimate of drug-likeness (QED) is 0.399. The molecule has 0 spiro atoms. The second-order valence-electron chi connectivity index (χ2n) is 9.44. The largest absolute Gasteiger partial charge is 0.492 e. The molecule has 0 aliphatic carbocycles. The highest BCUT2D eigenvalue weighted by molar-refractivity contribution is 7.89. The van der Waals surface area contributed by atoms with Gasteiger partial charge in [-0.05, 0) is 75.3 Å². The highest BCUT2D eigenvalue weighted by Crippen LogP contribution is 2.25. The highest BCUT2D eigenvalue weighted by atomic mass is 32.2. The van der Waals surface area contributed by atoms with Gasteiger partial charge in [0.05, 0.1) is 18.1 Å². The molecule has 0 saturated carbocycles. The zero-order valence-corrected chi connectivity index (χ0v) is 22.4. The van der Waals surface area contributed by atoms with E-state index in [1.807, 2.05) is 37.3 Å². The molecule has 0 radical (unpaired) electrons. The van der Waals surface area contributed by atoms with Crippen molar-refractivity contribution in [2.45, 2.75) is 24.7 Å². The lowest BCUT2D eigenvalue weighted by molar-refractivity contribution is 0.0730. The van der Waals surface area contributed by atoms with Crippen molar-refractivity contribution in [3.63, 3.8) is 0 Å². The van der Waals surface area contributed by atoms with Gasteiger partial charge in [-0.1, -0.05) is 6.07 Å². The summed E-state index contributed by atoms with van der Waals surface area (Å²) >= 11 is 0. The molecule has 2 aliphatic rings. The molecular weight excluding hydrogens is 504 g/mol. The molecule has 202 valence electrons. The molecule has 2 aliphatic heterocycles. The Labute approximate surface area is 224 Å². The van der Waals surface area contributed by atoms with Crippen molar-refractivity contribution in [1.82, 2.24) is 19.2 Å². The first kappa shape index (κ1) is 26.4. The van der Waals surface area contributed by atoms with E-state index in [4.69, 9.17) is 9.47 Å². The summed E-state index contributed by atoms with van der Waals surface area (Å²) in [5.41, 5.74) is 2.30. The second-order valence-corrected chi connectivity index (χ2v) is 11.4. The molecule has 5 rings (SSSR count). The number of ether oxygens (including phenoxy) is 2. The summed E-state index contributed by atoms with van der Waals surface area (Å²) in [6, 6.07) is 14.5. The van der Waals surface area contributed by atoms with Crippen LogP contribution in [0.3, 0.4) is 0 Å². The summed E-state index contributed by atoms with van der Waals surface area (Å²) < 4.78 is 38.7. The third kappa shape index (κ3) is 6.60. The number of aryl methyl sites for hydroxylation is 1. The molecule has 11 heteroatoms. The summed E-state index contributed by atoms with van der Waals surface area (Å²) in [5.74, 6) is 1.84. The maximum absolute atomic E-state index is 13.1. The number of sulfonamides is 1. The predicted octanol–water partition coefficient (Wildman–Crippen LogP) is 3.77. The van der Waals surface area contributed by atoms with Gasteiger partial charge in [-0.15, -0.1) is 0 Å². The summed E-state index contributed by atoms with van der Waals surface area (Å²) in [4.78, 5) is 11.7. The van der Waals surface area contributed by atoms with Crippen LogP contribution in [0.1, 0.15) is 18.4 Å². The summed E-state index contributed by atoms with van der Waals surface area (Å²) in [5, 5.41) is 6.47. The molecule has 38 heavy (non-hydrogen) atoms. The second kappa shape index (κ2) is 12.1. The average molecular weight is 539 g/mol.